The molecule has 0 aromatic heterocycles. The first-order chi connectivity index (χ1) is 20.0. The SMILES string of the molecule is COCCCOc1cc(C[C@@H](C[C@H](N)[C@@H](O)C[C@H](C(=O)NC2(C(=O)OC)CCCCC2)C(C)C)C(C)C)ccc1OC. The second kappa shape index (κ2) is 17.7. The van der Waals surface area contributed by atoms with Crippen molar-refractivity contribution in [2.75, 3.05) is 34.5 Å². The third kappa shape index (κ3) is 10.4. The maximum absolute atomic E-state index is 13.5. The second-order valence-corrected chi connectivity index (χ2v) is 12.6. The van der Waals surface area contributed by atoms with Gasteiger partial charge in [-0.1, -0.05) is 53.0 Å². The second-order valence-electron chi connectivity index (χ2n) is 12.6. The number of carbonyl (C=O) groups is 2. The Morgan fingerprint density at radius 1 is 0.976 bits per heavy atom. The van der Waals surface area contributed by atoms with Gasteiger partial charge in [0.15, 0.2) is 11.5 Å². The summed E-state index contributed by atoms with van der Waals surface area (Å²) in [6, 6.07) is 5.48. The van der Waals surface area contributed by atoms with Gasteiger partial charge in [0.25, 0.3) is 0 Å². The highest BCUT2D eigenvalue weighted by Crippen LogP contribution is 2.33. The number of nitrogens with one attached hydrogen (secondary N) is 1. The number of methoxy groups -OCH3 is 3. The molecule has 1 fully saturated rings. The van der Waals surface area contributed by atoms with Crippen molar-refractivity contribution in [3.8, 4) is 11.5 Å². The van der Waals surface area contributed by atoms with Crippen LogP contribution in [0.3, 0.4) is 0 Å². The van der Waals surface area contributed by atoms with E-state index in [0.717, 1.165) is 37.7 Å². The molecule has 0 aliphatic heterocycles. The zero-order valence-corrected chi connectivity index (χ0v) is 26.9. The highest BCUT2D eigenvalue weighted by molar-refractivity contribution is 5.89. The summed E-state index contributed by atoms with van der Waals surface area (Å²) in [5.74, 6) is 0.791. The summed E-state index contributed by atoms with van der Waals surface area (Å²) in [7, 11) is 4.66. The predicted molar refractivity (Wildman–Crippen MR) is 165 cm³/mol. The van der Waals surface area contributed by atoms with E-state index < -0.39 is 29.6 Å². The van der Waals surface area contributed by atoms with E-state index in [1.807, 2.05) is 32.0 Å². The van der Waals surface area contributed by atoms with Gasteiger partial charge in [-0.2, -0.15) is 0 Å². The Morgan fingerprint density at radius 3 is 2.24 bits per heavy atom. The van der Waals surface area contributed by atoms with Crippen LogP contribution in [0.2, 0.25) is 0 Å². The molecular formula is C33H56N2O7. The average Bonchev–Trinajstić information content (AvgIpc) is 2.97. The molecule has 4 atom stereocenters. The lowest BCUT2D eigenvalue weighted by Gasteiger charge is -2.37. The van der Waals surface area contributed by atoms with E-state index >= 15 is 0 Å². The molecule has 1 aromatic carbocycles. The van der Waals surface area contributed by atoms with Crippen LogP contribution in [-0.2, 0) is 25.5 Å². The molecule has 1 aliphatic rings. The molecule has 0 saturated heterocycles. The maximum Gasteiger partial charge on any atom is 0.331 e. The summed E-state index contributed by atoms with van der Waals surface area (Å²) >= 11 is 0. The standard InChI is InChI=1S/C33H56N2O7/c1-22(2)25(18-24-12-13-29(40-6)30(19-24)42-17-11-16-39-5)20-27(34)28(36)21-26(23(3)4)31(37)35-33(32(38)41-7)14-9-8-10-15-33/h12-13,19,22-23,25-28,36H,8-11,14-18,20-21,34H2,1-7H3,(H,35,37)/t25-,26-,27-,28-/m0/s1. The minimum Gasteiger partial charge on any atom is -0.493 e. The van der Waals surface area contributed by atoms with Gasteiger partial charge in [0, 0.05) is 32.1 Å². The first-order valence-corrected chi connectivity index (χ1v) is 15.6. The first-order valence-electron chi connectivity index (χ1n) is 15.6. The largest absolute Gasteiger partial charge is 0.493 e. The van der Waals surface area contributed by atoms with Crippen molar-refractivity contribution in [2.24, 2.45) is 29.4 Å². The molecule has 2 rings (SSSR count). The van der Waals surface area contributed by atoms with Crippen molar-refractivity contribution in [1.82, 2.24) is 5.32 Å². The van der Waals surface area contributed by atoms with Crippen molar-refractivity contribution < 1.29 is 33.6 Å². The molecule has 0 unspecified atom stereocenters. The molecule has 240 valence electrons. The molecule has 0 heterocycles. The topological polar surface area (TPSA) is 129 Å². The van der Waals surface area contributed by atoms with Crippen LogP contribution < -0.4 is 20.5 Å². The Morgan fingerprint density at radius 2 is 1.67 bits per heavy atom. The van der Waals surface area contributed by atoms with E-state index in [-0.39, 0.29) is 24.2 Å². The lowest BCUT2D eigenvalue weighted by atomic mass is 9.79. The highest BCUT2D eigenvalue weighted by Gasteiger charge is 2.43. The number of amides is 1. The smallest absolute Gasteiger partial charge is 0.331 e. The predicted octanol–water partition coefficient (Wildman–Crippen LogP) is 4.66. The highest BCUT2D eigenvalue weighted by atomic mass is 16.5. The number of hydrogen-bond acceptors (Lipinski definition) is 8. The van der Waals surface area contributed by atoms with Gasteiger partial charge in [-0.3, -0.25) is 4.79 Å². The van der Waals surface area contributed by atoms with E-state index in [2.05, 4.69) is 19.2 Å². The summed E-state index contributed by atoms with van der Waals surface area (Å²) < 4.78 is 21.6. The van der Waals surface area contributed by atoms with Crippen LogP contribution in [0, 0.1) is 23.7 Å². The fourth-order valence-corrected chi connectivity index (χ4v) is 5.92. The third-order valence-corrected chi connectivity index (χ3v) is 8.77. The maximum atomic E-state index is 13.5. The van der Waals surface area contributed by atoms with Gasteiger partial charge in [-0.25, -0.2) is 4.79 Å². The van der Waals surface area contributed by atoms with Crippen molar-refractivity contribution >= 4 is 11.9 Å². The summed E-state index contributed by atoms with van der Waals surface area (Å²) in [4.78, 5) is 26.2. The van der Waals surface area contributed by atoms with E-state index in [4.69, 9.17) is 24.7 Å². The first kappa shape index (κ1) is 35.8. The zero-order valence-electron chi connectivity index (χ0n) is 26.9. The number of ether oxygens (including phenoxy) is 4. The summed E-state index contributed by atoms with van der Waals surface area (Å²) in [6.45, 7) is 9.41. The van der Waals surface area contributed by atoms with Gasteiger partial charge in [0.05, 0.1) is 26.9 Å². The molecule has 4 N–H and O–H groups in total. The number of aliphatic hydroxyl groups is 1. The van der Waals surface area contributed by atoms with E-state index in [1.165, 1.54) is 7.11 Å². The molecular weight excluding hydrogens is 536 g/mol. The minimum atomic E-state index is -0.988. The summed E-state index contributed by atoms with van der Waals surface area (Å²) in [5, 5.41) is 14.3. The van der Waals surface area contributed by atoms with Crippen molar-refractivity contribution in [2.45, 2.75) is 103 Å². The number of rotatable bonds is 18. The van der Waals surface area contributed by atoms with Crippen LogP contribution in [0.15, 0.2) is 18.2 Å². The van der Waals surface area contributed by atoms with E-state index in [9.17, 15) is 14.7 Å². The number of carbonyl (C=O) groups excluding carboxylic acids is 2. The number of aliphatic hydroxyl groups excluding tert-OH is 1. The van der Waals surface area contributed by atoms with Crippen LogP contribution in [-0.4, -0.2) is 69.2 Å². The summed E-state index contributed by atoms with van der Waals surface area (Å²) in [6.07, 6.45) is 5.42. The van der Waals surface area contributed by atoms with Gasteiger partial charge < -0.3 is 35.1 Å². The van der Waals surface area contributed by atoms with Gasteiger partial charge >= 0.3 is 5.97 Å². The van der Waals surface area contributed by atoms with Crippen LogP contribution in [0.1, 0.15) is 84.6 Å². The van der Waals surface area contributed by atoms with Gasteiger partial charge in [0.2, 0.25) is 5.91 Å². The zero-order chi connectivity index (χ0) is 31.3. The fourth-order valence-electron chi connectivity index (χ4n) is 5.92. The molecule has 0 spiro atoms. The molecule has 1 aliphatic carbocycles. The summed E-state index contributed by atoms with van der Waals surface area (Å²) in [5.41, 5.74) is 6.72. The normalized spacial score (nSPS) is 17.8. The van der Waals surface area contributed by atoms with Crippen LogP contribution in [0.25, 0.3) is 0 Å². The molecule has 0 radical (unpaired) electrons. The quantitative estimate of drug-likeness (QED) is 0.166. The monoisotopic (exact) mass is 592 g/mol. The van der Waals surface area contributed by atoms with E-state index in [1.54, 1.807) is 14.2 Å². The number of benzene rings is 1. The molecule has 1 aromatic rings. The van der Waals surface area contributed by atoms with Gasteiger partial charge in [-0.15, -0.1) is 0 Å². The van der Waals surface area contributed by atoms with Crippen LogP contribution in [0.4, 0.5) is 0 Å². The van der Waals surface area contributed by atoms with Crippen molar-refractivity contribution in [3.05, 3.63) is 23.8 Å². The molecule has 42 heavy (non-hydrogen) atoms. The van der Waals surface area contributed by atoms with Gasteiger partial charge in [-0.05, 0) is 67.6 Å². The number of esters is 1. The Hall–Kier alpha value is -2.36. The molecule has 9 heteroatoms. The lowest BCUT2D eigenvalue weighted by Crippen LogP contribution is -2.58. The van der Waals surface area contributed by atoms with Crippen LogP contribution in [0.5, 0.6) is 11.5 Å². The third-order valence-electron chi connectivity index (χ3n) is 8.77. The van der Waals surface area contributed by atoms with Crippen LogP contribution >= 0.6 is 0 Å². The lowest BCUT2D eigenvalue weighted by molar-refractivity contribution is -0.153. The molecule has 1 amide bonds. The van der Waals surface area contributed by atoms with Gasteiger partial charge in [0.1, 0.15) is 5.54 Å². The Kier molecular flexibility index (Phi) is 15.1. The van der Waals surface area contributed by atoms with Crippen molar-refractivity contribution in [3.63, 3.8) is 0 Å². The molecule has 0 bridgehead atoms. The Balaban J connectivity index is 2.08. The number of hydrogen-bond donors (Lipinski definition) is 3. The van der Waals surface area contributed by atoms with Crippen molar-refractivity contribution in [1.29, 1.82) is 0 Å². The Labute approximate surface area is 253 Å². The minimum absolute atomic E-state index is 0.0346. The fraction of sp³-hybridized carbons (Fsp3) is 0.758. The van der Waals surface area contributed by atoms with E-state index in [0.29, 0.717) is 49.9 Å². The Bertz CT molecular complexity index is 962. The molecule has 9 nitrogen and oxygen atoms in total. The average molecular weight is 593 g/mol. The number of nitrogens with two attached hydrogens (primary N) is 1. The molecule has 1 saturated carbocycles.